The van der Waals surface area contributed by atoms with Crippen LogP contribution in [0.1, 0.15) is 13.3 Å². The number of carbonyl (C=O) groups excluding carboxylic acids is 1. The van der Waals surface area contributed by atoms with E-state index >= 15 is 0 Å². The first-order valence-electron chi connectivity index (χ1n) is 8.74. The van der Waals surface area contributed by atoms with Gasteiger partial charge in [-0.25, -0.2) is 13.4 Å². The van der Waals surface area contributed by atoms with E-state index in [9.17, 15) is 13.2 Å². The zero-order valence-electron chi connectivity index (χ0n) is 15.3. The summed E-state index contributed by atoms with van der Waals surface area (Å²) in [6.07, 6.45) is -0.130. The minimum atomic E-state index is -3.48. The average molecular weight is 417 g/mol. The molecule has 0 fully saturated rings. The number of hydrogen-bond donors (Lipinski definition) is 1. The molecular weight excluding hydrogens is 396 g/mol. The molecule has 1 amide bonds. The monoisotopic (exact) mass is 416 g/mol. The Balaban J connectivity index is 1.58. The molecule has 0 atom stereocenters. The van der Waals surface area contributed by atoms with Crippen molar-refractivity contribution in [3.8, 4) is 17.0 Å². The number of amides is 1. The molecule has 1 N–H and O–H groups in total. The van der Waals surface area contributed by atoms with Crippen molar-refractivity contribution in [2.45, 2.75) is 18.2 Å². The van der Waals surface area contributed by atoms with Gasteiger partial charge in [0.15, 0.2) is 15.0 Å². The van der Waals surface area contributed by atoms with Gasteiger partial charge in [-0.3, -0.25) is 4.79 Å². The summed E-state index contributed by atoms with van der Waals surface area (Å²) in [6.45, 7) is 2.53. The van der Waals surface area contributed by atoms with Crippen molar-refractivity contribution in [3.05, 3.63) is 60.0 Å². The third-order valence-electron chi connectivity index (χ3n) is 3.91. The number of sulfone groups is 1. The maximum atomic E-state index is 12.2. The van der Waals surface area contributed by atoms with Crippen molar-refractivity contribution in [2.75, 3.05) is 17.7 Å². The molecule has 0 bridgehead atoms. The summed E-state index contributed by atoms with van der Waals surface area (Å²) in [6, 6.07) is 15.6. The van der Waals surface area contributed by atoms with Crippen molar-refractivity contribution >= 4 is 32.2 Å². The minimum Gasteiger partial charge on any atom is -0.494 e. The number of hydrogen-bond acceptors (Lipinski definition) is 6. The third-order valence-corrected chi connectivity index (χ3v) is 6.40. The first kappa shape index (κ1) is 20.0. The third kappa shape index (κ3) is 5.17. The van der Waals surface area contributed by atoms with Crippen LogP contribution in [-0.2, 0) is 14.6 Å². The van der Waals surface area contributed by atoms with Gasteiger partial charge in [-0.15, -0.1) is 11.3 Å². The van der Waals surface area contributed by atoms with E-state index in [-0.39, 0.29) is 23.0 Å². The van der Waals surface area contributed by atoms with Crippen molar-refractivity contribution in [3.63, 3.8) is 0 Å². The summed E-state index contributed by atoms with van der Waals surface area (Å²) in [5, 5.41) is 4.94. The highest BCUT2D eigenvalue weighted by atomic mass is 32.2. The molecule has 146 valence electrons. The Labute approximate surface area is 168 Å². The lowest BCUT2D eigenvalue weighted by molar-refractivity contribution is -0.115. The molecule has 3 aromatic rings. The van der Waals surface area contributed by atoms with Crippen LogP contribution in [0.15, 0.2) is 64.9 Å². The Morgan fingerprint density at radius 1 is 1.11 bits per heavy atom. The second kappa shape index (κ2) is 8.99. The highest BCUT2D eigenvalue weighted by Crippen LogP contribution is 2.26. The number of nitrogens with zero attached hydrogens (tertiary/aromatic N) is 1. The topological polar surface area (TPSA) is 85.4 Å². The lowest BCUT2D eigenvalue weighted by Gasteiger charge is -2.04. The number of benzene rings is 2. The van der Waals surface area contributed by atoms with Crippen molar-refractivity contribution in [2.24, 2.45) is 0 Å². The van der Waals surface area contributed by atoms with Crippen LogP contribution in [-0.4, -0.2) is 31.7 Å². The van der Waals surface area contributed by atoms with E-state index in [1.54, 1.807) is 18.2 Å². The van der Waals surface area contributed by atoms with Gasteiger partial charge >= 0.3 is 0 Å². The van der Waals surface area contributed by atoms with Crippen molar-refractivity contribution in [1.82, 2.24) is 4.98 Å². The van der Waals surface area contributed by atoms with Crippen molar-refractivity contribution < 1.29 is 17.9 Å². The van der Waals surface area contributed by atoms with Gasteiger partial charge < -0.3 is 10.1 Å². The fourth-order valence-corrected chi connectivity index (χ4v) is 4.50. The van der Waals surface area contributed by atoms with Crippen LogP contribution >= 0.6 is 11.3 Å². The number of nitrogens with one attached hydrogen (secondary N) is 1. The zero-order valence-corrected chi connectivity index (χ0v) is 16.9. The summed E-state index contributed by atoms with van der Waals surface area (Å²) in [5.41, 5.74) is 1.65. The summed E-state index contributed by atoms with van der Waals surface area (Å²) in [7, 11) is -3.48. The summed E-state index contributed by atoms with van der Waals surface area (Å²) in [5.74, 6) is 0.154. The molecule has 0 aliphatic heterocycles. The lowest BCUT2D eigenvalue weighted by Crippen LogP contribution is -2.17. The summed E-state index contributed by atoms with van der Waals surface area (Å²) in [4.78, 5) is 16.7. The molecule has 8 heteroatoms. The SMILES string of the molecule is CCOc1ccc(-c2csc(NC(=O)CCS(=O)(=O)c3ccccc3)n2)cc1. The van der Waals surface area contributed by atoms with Gasteiger partial charge in [0.05, 0.1) is 22.9 Å². The van der Waals surface area contributed by atoms with Crippen molar-refractivity contribution in [1.29, 1.82) is 0 Å². The lowest BCUT2D eigenvalue weighted by atomic mass is 10.2. The van der Waals surface area contributed by atoms with Gasteiger partial charge in [0.2, 0.25) is 5.91 Å². The van der Waals surface area contributed by atoms with Crippen LogP contribution in [0.25, 0.3) is 11.3 Å². The summed E-state index contributed by atoms with van der Waals surface area (Å²) >= 11 is 1.29. The fraction of sp³-hybridized carbons (Fsp3) is 0.200. The number of ether oxygens (including phenoxy) is 1. The van der Waals surface area contributed by atoms with Gasteiger partial charge in [0.25, 0.3) is 0 Å². The maximum absolute atomic E-state index is 12.2. The van der Waals surface area contributed by atoms with E-state index < -0.39 is 9.84 Å². The van der Waals surface area contributed by atoms with Gasteiger partial charge in [-0.2, -0.15) is 0 Å². The molecule has 3 rings (SSSR count). The molecule has 1 aromatic heterocycles. The number of thiazole rings is 1. The summed E-state index contributed by atoms with van der Waals surface area (Å²) < 4.78 is 29.9. The highest BCUT2D eigenvalue weighted by Gasteiger charge is 2.17. The van der Waals surface area contributed by atoms with Crippen LogP contribution in [0.3, 0.4) is 0 Å². The predicted molar refractivity (Wildman–Crippen MR) is 110 cm³/mol. The standard InChI is InChI=1S/C20H20N2O4S2/c1-2-26-16-10-8-15(9-11-16)18-14-27-20(21-18)22-19(23)12-13-28(24,25)17-6-4-3-5-7-17/h3-11,14H,2,12-13H2,1H3,(H,21,22,23). The maximum Gasteiger partial charge on any atom is 0.227 e. The van der Waals surface area contributed by atoms with Crippen LogP contribution in [0.2, 0.25) is 0 Å². The number of anilines is 1. The van der Waals surface area contributed by atoms with E-state index in [1.165, 1.54) is 23.5 Å². The predicted octanol–water partition coefficient (Wildman–Crippen LogP) is 4.01. The van der Waals surface area contributed by atoms with Crippen LogP contribution in [0, 0.1) is 0 Å². The zero-order chi connectivity index (χ0) is 20.0. The number of carbonyl (C=O) groups is 1. The van der Waals surface area contributed by atoms with E-state index in [1.807, 2.05) is 36.6 Å². The smallest absolute Gasteiger partial charge is 0.227 e. The molecule has 0 aliphatic carbocycles. The van der Waals surface area contributed by atoms with E-state index in [4.69, 9.17) is 4.74 Å². The first-order chi connectivity index (χ1) is 13.5. The largest absolute Gasteiger partial charge is 0.494 e. The molecule has 0 unspecified atom stereocenters. The molecule has 6 nitrogen and oxygen atoms in total. The molecule has 0 radical (unpaired) electrons. The van der Waals surface area contributed by atoms with E-state index in [0.29, 0.717) is 11.7 Å². The van der Waals surface area contributed by atoms with E-state index in [0.717, 1.165) is 17.0 Å². The van der Waals surface area contributed by atoms with Gasteiger partial charge in [0.1, 0.15) is 5.75 Å². The molecule has 2 aromatic carbocycles. The number of rotatable bonds is 8. The van der Waals surface area contributed by atoms with Crippen LogP contribution in [0.4, 0.5) is 5.13 Å². The van der Waals surface area contributed by atoms with Crippen LogP contribution in [0.5, 0.6) is 5.75 Å². The fourth-order valence-electron chi connectivity index (χ4n) is 2.51. The normalized spacial score (nSPS) is 11.2. The van der Waals surface area contributed by atoms with Gasteiger partial charge in [-0.05, 0) is 43.3 Å². The molecular formula is C20H20N2O4S2. The highest BCUT2D eigenvalue weighted by molar-refractivity contribution is 7.91. The Morgan fingerprint density at radius 3 is 2.50 bits per heavy atom. The number of aromatic nitrogens is 1. The van der Waals surface area contributed by atoms with Gasteiger partial charge in [-0.1, -0.05) is 18.2 Å². The minimum absolute atomic E-state index is 0.130. The molecule has 1 heterocycles. The van der Waals surface area contributed by atoms with Gasteiger partial charge in [0, 0.05) is 17.4 Å². The quantitative estimate of drug-likeness (QED) is 0.600. The second-order valence-corrected chi connectivity index (χ2v) is 8.89. The Kier molecular flexibility index (Phi) is 6.43. The molecule has 0 saturated carbocycles. The first-order valence-corrected chi connectivity index (χ1v) is 11.3. The Hall–Kier alpha value is -2.71. The molecule has 0 saturated heterocycles. The Bertz CT molecular complexity index is 1030. The Morgan fingerprint density at radius 2 is 1.82 bits per heavy atom. The average Bonchev–Trinajstić information content (AvgIpc) is 3.16. The second-order valence-electron chi connectivity index (χ2n) is 5.93. The van der Waals surface area contributed by atoms with Crippen LogP contribution < -0.4 is 10.1 Å². The molecule has 0 spiro atoms. The van der Waals surface area contributed by atoms with E-state index in [2.05, 4.69) is 10.3 Å². The molecule has 28 heavy (non-hydrogen) atoms. The molecule has 0 aliphatic rings.